The molecule has 0 aromatic carbocycles. The van der Waals surface area contributed by atoms with Crippen molar-refractivity contribution in [3.05, 3.63) is 53.6 Å². The summed E-state index contributed by atoms with van der Waals surface area (Å²) in [6.07, 6.45) is 4.69. The largest absolute Gasteiger partial charge is 0.487 e. The van der Waals surface area contributed by atoms with Gasteiger partial charge in [-0.15, -0.1) is 0 Å². The second kappa shape index (κ2) is 7.60. The molecule has 4 nitrogen and oxygen atoms in total. The van der Waals surface area contributed by atoms with Gasteiger partial charge in [0.15, 0.2) is 0 Å². The Balaban J connectivity index is 2.02. The monoisotopic (exact) mass is 271 g/mol. The molecule has 20 heavy (non-hydrogen) atoms. The van der Waals surface area contributed by atoms with Gasteiger partial charge in [0.2, 0.25) is 0 Å². The zero-order valence-corrected chi connectivity index (χ0v) is 12.1. The molecule has 0 saturated carbocycles. The summed E-state index contributed by atoms with van der Waals surface area (Å²) in [6, 6.07) is 7.88. The number of nitrogens with one attached hydrogen (secondary N) is 1. The lowest BCUT2D eigenvalue weighted by Crippen LogP contribution is -2.16. The van der Waals surface area contributed by atoms with E-state index in [0.29, 0.717) is 6.61 Å². The molecule has 0 fully saturated rings. The molecule has 106 valence electrons. The van der Waals surface area contributed by atoms with Crippen molar-refractivity contribution in [2.45, 2.75) is 33.4 Å². The van der Waals surface area contributed by atoms with Crippen LogP contribution in [0.2, 0.25) is 0 Å². The SMILES string of the molecule is CCCNCc1nc(C)ccc1OCc1cccnc1. The number of hydrogen-bond donors (Lipinski definition) is 1. The van der Waals surface area contributed by atoms with Gasteiger partial charge in [-0.25, -0.2) is 0 Å². The molecule has 0 aliphatic heterocycles. The van der Waals surface area contributed by atoms with Crippen LogP contribution in [0.25, 0.3) is 0 Å². The Kier molecular flexibility index (Phi) is 5.50. The van der Waals surface area contributed by atoms with Crippen molar-refractivity contribution in [3.63, 3.8) is 0 Å². The Bertz CT molecular complexity index is 529. The highest BCUT2D eigenvalue weighted by atomic mass is 16.5. The third kappa shape index (κ3) is 4.31. The van der Waals surface area contributed by atoms with Crippen LogP contribution in [0.1, 0.15) is 30.3 Å². The smallest absolute Gasteiger partial charge is 0.142 e. The van der Waals surface area contributed by atoms with Crippen molar-refractivity contribution in [1.82, 2.24) is 15.3 Å². The quantitative estimate of drug-likeness (QED) is 0.787. The summed E-state index contributed by atoms with van der Waals surface area (Å²) in [5.74, 6) is 0.836. The van der Waals surface area contributed by atoms with Gasteiger partial charge in [0.25, 0.3) is 0 Å². The number of nitrogens with zero attached hydrogens (tertiary/aromatic N) is 2. The highest BCUT2D eigenvalue weighted by Gasteiger charge is 2.06. The van der Waals surface area contributed by atoms with Crippen LogP contribution in [0, 0.1) is 6.92 Å². The van der Waals surface area contributed by atoms with Crippen LogP contribution >= 0.6 is 0 Å². The second-order valence-electron chi connectivity index (χ2n) is 4.72. The number of ether oxygens (including phenoxy) is 1. The van der Waals surface area contributed by atoms with Gasteiger partial charge < -0.3 is 10.1 Å². The summed E-state index contributed by atoms with van der Waals surface area (Å²) in [7, 11) is 0. The molecule has 4 heteroatoms. The van der Waals surface area contributed by atoms with E-state index >= 15 is 0 Å². The van der Waals surface area contributed by atoms with Crippen LogP contribution in [0.4, 0.5) is 0 Å². The molecule has 2 rings (SSSR count). The van der Waals surface area contributed by atoms with E-state index in [9.17, 15) is 0 Å². The molecule has 0 saturated heterocycles. The molecule has 0 atom stereocenters. The van der Waals surface area contributed by atoms with Crippen molar-refractivity contribution in [3.8, 4) is 5.75 Å². The van der Waals surface area contributed by atoms with Gasteiger partial charge in [-0.2, -0.15) is 0 Å². The van der Waals surface area contributed by atoms with Gasteiger partial charge in [-0.1, -0.05) is 13.0 Å². The lowest BCUT2D eigenvalue weighted by Gasteiger charge is -2.12. The molecule has 0 radical (unpaired) electrons. The Morgan fingerprint density at radius 3 is 2.90 bits per heavy atom. The third-order valence-electron chi connectivity index (χ3n) is 2.91. The van der Waals surface area contributed by atoms with Gasteiger partial charge in [-0.05, 0) is 38.1 Å². The van der Waals surface area contributed by atoms with Gasteiger partial charge in [0.1, 0.15) is 12.4 Å². The van der Waals surface area contributed by atoms with E-state index in [1.54, 1.807) is 6.20 Å². The van der Waals surface area contributed by atoms with Crippen molar-refractivity contribution >= 4 is 0 Å². The first-order chi connectivity index (χ1) is 9.79. The van der Waals surface area contributed by atoms with Crippen LogP contribution < -0.4 is 10.1 Å². The van der Waals surface area contributed by atoms with Crippen molar-refractivity contribution in [1.29, 1.82) is 0 Å². The van der Waals surface area contributed by atoms with E-state index in [4.69, 9.17) is 4.74 Å². The van der Waals surface area contributed by atoms with Crippen LogP contribution in [0.15, 0.2) is 36.7 Å². The minimum Gasteiger partial charge on any atom is -0.487 e. The molecule has 0 unspecified atom stereocenters. The molecular formula is C16H21N3O. The molecule has 2 heterocycles. The van der Waals surface area contributed by atoms with E-state index in [2.05, 4.69) is 22.2 Å². The average Bonchev–Trinajstić information content (AvgIpc) is 2.48. The highest BCUT2D eigenvalue weighted by Crippen LogP contribution is 2.18. The fourth-order valence-corrected chi connectivity index (χ4v) is 1.88. The number of aryl methyl sites for hydroxylation is 1. The predicted molar refractivity (Wildman–Crippen MR) is 79.5 cm³/mol. The molecule has 2 aromatic heterocycles. The number of rotatable bonds is 7. The summed E-state index contributed by atoms with van der Waals surface area (Å²) >= 11 is 0. The molecule has 1 N–H and O–H groups in total. The Morgan fingerprint density at radius 2 is 2.15 bits per heavy atom. The van der Waals surface area contributed by atoms with Crippen LogP contribution in [-0.4, -0.2) is 16.5 Å². The normalized spacial score (nSPS) is 10.5. The van der Waals surface area contributed by atoms with Gasteiger partial charge in [-0.3, -0.25) is 9.97 Å². The van der Waals surface area contributed by atoms with Crippen molar-refractivity contribution in [2.75, 3.05) is 6.54 Å². The standard InChI is InChI=1S/C16H21N3O/c1-3-8-17-11-15-16(7-6-13(2)19-15)20-12-14-5-4-9-18-10-14/h4-7,9-10,17H,3,8,11-12H2,1-2H3. The summed E-state index contributed by atoms with van der Waals surface area (Å²) in [4.78, 5) is 8.64. The van der Waals surface area contributed by atoms with E-state index in [-0.39, 0.29) is 0 Å². The third-order valence-corrected chi connectivity index (χ3v) is 2.91. The zero-order chi connectivity index (χ0) is 14.2. The van der Waals surface area contributed by atoms with Crippen LogP contribution in [-0.2, 0) is 13.2 Å². The highest BCUT2D eigenvalue weighted by molar-refractivity contribution is 5.29. The number of hydrogen-bond acceptors (Lipinski definition) is 4. The molecule has 0 bridgehead atoms. The van der Waals surface area contributed by atoms with E-state index < -0.39 is 0 Å². The maximum Gasteiger partial charge on any atom is 0.142 e. The average molecular weight is 271 g/mol. The predicted octanol–water partition coefficient (Wildman–Crippen LogP) is 2.86. The second-order valence-corrected chi connectivity index (χ2v) is 4.72. The maximum absolute atomic E-state index is 5.87. The number of pyridine rings is 2. The zero-order valence-electron chi connectivity index (χ0n) is 12.1. The lowest BCUT2D eigenvalue weighted by molar-refractivity contribution is 0.299. The minimum absolute atomic E-state index is 0.513. The maximum atomic E-state index is 5.87. The van der Waals surface area contributed by atoms with Gasteiger partial charge >= 0.3 is 0 Å². The Hall–Kier alpha value is -1.94. The van der Waals surface area contributed by atoms with Crippen molar-refractivity contribution < 1.29 is 4.74 Å². The molecular weight excluding hydrogens is 250 g/mol. The molecule has 0 spiro atoms. The van der Waals surface area contributed by atoms with E-state index in [0.717, 1.165) is 42.2 Å². The van der Waals surface area contributed by atoms with Crippen molar-refractivity contribution in [2.24, 2.45) is 0 Å². The summed E-state index contributed by atoms with van der Waals surface area (Å²) in [5.41, 5.74) is 3.02. The topological polar surface area (TPSA) is 47.0 Å². The first-order valence-corrected chi connectivity index (χ1v) is 6.98. The van der Waals surface area contributed by atoms with Gasteiger partial charge in [0.05, 0.1) is 5.69 Å². The molecule has 0 aliphatic rings. The lowest BCUT2D eigenvalue weighted by atomic mass is 10.2. The summed E-state index contributed by atoms with van der Waals surface area (Å²) in [6.45, 7) is 6.37. The first-order valence-electron chi connectivity index (χ1n) is 6.98. The minimum atomic E-state index is 0.513. The Labute approximate surface area is 120 Å². The Morgan fingerprint density at radius 1 is 1.25 bits per heavy atom. The van der Waals surface area contributed by atoms with Gasteiger partial charge in [0, 0.05) is 30.2 Å². The van der Waals surface area contributed by atoms with E-state index in [1.165, 1.54) is 0 Å². The summed E-state index contributed by atoms with van der Waals surface area (Å²) in [5, 5.41) is 3.36. The number of aromatic nitrogens is 2. The fraction of sp³-hybridized carbons (Fsp3) is 0.375. The molecule has 0 aliphatic carbocycles. The van der Waals surface area contributed by atoms with Crippen LogP contribution in [0.3, 0.4) is 0 Å². The first kappa shape index (κ1) is 14.5. The molecule has 2 aromatic rings. The molecule has 0 amide bonds. The summed E-state index contributed by atoms with van der Waals surface area (Å²) < 4.78 is 5.87. The van der Waals surface area contributed by atoms with E-state index in [1.807, 2.05) is 37.4 Å². The fourth-order valence-electron chi connectivity index (χ4n) is 1.88. The van der Waals surface area contributed by atoms with Crippen LogP contribution in [0.5, 0.6) is 5.75 Å².